The summed E-state index contributed by atoms with van der Waals surface area (Å²) in [5.74, 6) is 0. The third kappa shape index (κ3) is 3.30. The van der Waals surface area contributed by atoms with Gasteiger partial charge >= 0.3 is 0 Å². The maximum Gasteiger partial charge on any atom is 0.0802 e. The second kappa shape index (κ2) is 5.98. The molecule has 0 saturated carbocycles. The van der Waals surface area contributed by atoms with Gasteiger partial charge in [-0.3, -0.25) is 0 Å². The number of ether oxygens (including phenoxy) is 1. The zero-order valence-corrected chi connectivity index (χ0v) is 11.7. The van der Waals surface area contributed by atoms with Gasteiger partial charge in [0.1, 0.15) is 0 Å². The Morgan fingerprint density at radius 1 is 1.53 bits per heavy atom. The van der Waals surface area contributed by atoms with Gasteiger partial charge in [0.25, 0.3) is 0 Å². The summed E-state index contributed by atoms with van der Waals surface area (Å²) in [4.78, 5) is 0. The Morgan fingerprint density at radius 3 is 3.06 bits per heavy atom. The molecule has 0 spiro atoms. The van der Waals surface area contributed by atoms with E-state index in [0.717, 1.165) is 42.3 Å². The zero-order chi connectivity index (χ0) is 12.3. The van der Waals surface area contributed by atoms with Crippen LogP contribution in [0, 0.1) is 6.92 Å². The average Bonchev–Trinajstić information content (AvgIpc) is 2.82. The molecule has 94 valence electrons. The van der Waals surface area contributed by atoms with Crippen molar-refractivity contribution in [3.05, 3.63) is 33.8 Å². The molecule has 2 rings (SSSR count). The van der Waals surface area contributed by atoms with Crippen molar-refractivity contribution in [2.24, 2.45) is 0 Å². The van der Waals surface area contributed by atoms with E-state index in [1.807, 2.05) is 25.1 Å². The lowest BCUT2D eigenvalue weighted by Crippen LogP contribution is -2.08. The number of aryl methyl sites for hydroxylation is 1. The predicted octanol–water partition coefficient (Wildman–Crippen LogP) is 3.75. The van der Waals surface area contributed by atoms with E-state index in [1.54, 1.807) is 0 Å². The van der Waals surface area contributed by atoms with E-state index >= 15 is 0 Å². The van der Waals surface area contributed by atoms with Crippen LogP contribution in [0.4, 0.5) is 0 Å². The summed E-state index contributed by atoms with van der Waals surface area (Å²) in [5, 5.41) is 10.2. The highest BCUT2D eigenvalue weighted by Gasteiger charge is 2.18. The van der Waals surface area contributed by atoms with Crippen molar-refractivity contribution in [3.63, 3.8) is 0 Å². The summed E-state index contributed by atoms with van der Waals surface area (Å²) >= 11 is 3.54. The molecular formula is C14H19BrO2. The van der Waals surface area contributed by atoms with Gasteiger partial charge in [0.2, 0.25) is 0 Å². The molecule has 1 aromatic rings. The fourth-order valence-corrected chi connectivity index (χ4v) is 2.83. The van der Waals surface area contributed by atoms with E-state index in [-0.39, 0.29) is 0 Å². The van der Waals surface area contributed by atoms with E-state index in [9.17, 15) is 5.11 Å². The Morgan fingerprint density at radius 2 is 2.35 bits per heavy atom. The summed E-state index contributed by atoms with van der Waals surface area (Å²) < 4.78 is 6.60. The second-order valence-electron chi connectivity index (χ2n) is 4.71. The third-order valence-electron chi connectivity index (χ3n) is 3.37. The Hall–Kier alpha value is -0.380. The van der Waals surface area contributed by atoms with Crippen LogP contribution in [-0.2, 0) is 4.74 Å². The van der Waals surface area contributed by atoms with Crippen LogP contribution in [0.2, 0.25) is 0 Å². The summed E-state index contributed by atoms with van der Waals surface area (Å²) in [7, 11) is 0. The van der Waals surface area contributed by atoms with Gasteiger partial charge in [-0.15, -0.1) is 0 Å². The normalized spacial score (nSPS) is 21.7. The molecule has 0 amide bonds. The molecule has 1 aliphatic rings. The van der Waals surface area contributed by atoms with Crippen LogP contribution in [0.1, 0.15) is 42.9 Å². The summed E-state index contributed by atoms with van der Waals surface area (Å²) in [6.07, 6.45) is 3.98. The summed E-state index contributed by atoms with van der Waals surface area (Å²) in [6.45, 7) is 2.93. The van der Waals surface area contributed by atoms with Crippen LogP contribution in [0.15, 0.2) is 22.7 Å². The topological polar surface area (TPSA) is 29.5 Å². The van der Waals surface area contributed by atoms with Gasteiger partial charge in [0.15, 0.2) is 0 Å². The number of rotatable bonds is 4. The highest BCUT2D eigenvalue weighted by molar-refractivity contribution is 9.10. The fourth-order valence-electron chi connectivity index (χ4n) is 2.30. The van der Waals surface area contributed by atoms with Gasteiger partial charge in [0, 0.05) is 11.1 Å². The largest absolute Gasteiger partial charge is 0.388 e. The predicted molar refractivity (Wildman–Crippen MR) is 72.0 cm³/mol. The molecule has 0 aromatic heterocycles. The first kappa shape index (κ1) is 13.1. The van der Waals surface area contributed by atoms with Crippen molar-refractivity contribution in [2.45, 2.75) is 44.8 Å². The highest BCUT2D eigenvalue weighted by Crippen LogP contribution is 2.30. The number of halogens is 1. The number of hydrogen-bond acceptors (Lipinski definition) is 2. The molecule has 0 radical (unpaired) electrons. The lowest BCUT2D eigenvalue weighted by Gasteiger charge is -2.16. The first-order valence-electron chi connectivity index (χ1n) is 6.23. The Kier molecular flexibility index (Phi) is 4.60. The summed E-state index contributed by atoms with van der Waals surface area (Å²) in [6, 6.07) is 6.02. The van der Waals surface area contributed by atoms with Crippen molar-refractivity contribution >= 4 is 15.9 Å². The number of aliphatic hydroxyl groups is 1. The first-order chi connectivity index (χ1) is 8.18. The first-order valence-corrected chi connectivity index (χ1v) is 7.02. The Labute approximate surface area is 111 Å². The number of aliphatic hydroxyl groups excluding tert-OH is 1. The minimum atomic E-state index is -0.395. The number of benzene rings is 1. The summed E-state index contributed by atoms with van der Waals surface area (Å²) in [5.41, 5.74) is 2.15. The van der Waals surface area contributed by atoms with Gasteiger partial charge < -0.3 is 9.84 Å². The molecule has 1 aliphatic heterocycles. The monoisotopic (exact) mass is 298 g/mol. The fraction of sp³-hybridized carbons (Fsp3) is 0.571. The van der Waals surface area contributed by atoms with E-state index in [2.05, 4.69) is 15.9 Å². The third-order valence-corrected chi connectivity index (χ3v) is 4.45. The van der Waals surface area contributed by atoms with Crippen molar-refractivity contribution in [2.75, 3.05) is 6.61 Å². The van der Waals surface area contributed by atoms with Gasteiger partial charge in [-0.2, -0.15) is 0 Å². The quantitative estimate of drug-likeness (QED) is 0.917. The van der Waals surface area contributed by atoms with Crippen molar-refractivity contribution in [1.29, 1.82) is 0 Å². The van der Waals surface area contributed by atoms with Gasteiger partial charge in [-0.05, 0) is 43.7 Å². The molecule has 0 bridgehead atoms. The van der Waals surface area contributed by atoms with Gasteiger partial charge in [0.05, 0.1) is 12.2 Å². The number of hydrogen-bond donors (Lipinski definition) is 1. The molecule has 1 heterocycles. The molecule has 2 atom stereocenters. The van der Waals surface area contributed by atoms with Crippen LogP contribution in [0.5, 0.6) is 0 Å². The lowest BCUT2D eigenvalue weighted by molar-refractivity contribution is 0.0810. The van der Waals surface area contributed by atoms with Crippen molar-refractivity contribution < 1.29 is 9.84 Å². The van der Waals surface area contributed by atoms with E-state index in [1.165, 1.54) is 5.56 Å². The molecule has 1 saturated heterocycles. The smallest absolute Gasteiger partial charge is 0.0802 e. The van der Waals surface area contributed by atoms with E-state index in [0.29, 0.717) is 6.10 Å². The van der Waals surface area contributed by atoms with Crippen LogP contribution < -0.4 is 0 Å². The lowest BCUT2D eigenvalue weighted by atomic mass is 10.0. The maximum atomic E-state index is 10.2. The zero-order valence-electron chi connectivity index (χ0n) is 10.2. The molecule has 2 nitrogen and oxygen atoms in total. The molecule has 17 heavy (non-hydrogen) atoms. The highest BCUT2D eigenvalue weighted by atomic mass is 79.9. The minimum Gasteiger partial charge on any atom is -0.388 e. The van der Waals surface area contributed by atoms with Crippen molar-refractivity contribution in [3.8, 4) is 0 Å². The van der Waals surface area contributed by atoms with Gasteiger partial charge in [-0.25, -0.2) is 0 Å². The SMILES string of the molecule is Cc1cccc(C(O)CCC2CCCO2)c1Br. The molecule has 0 aliphatic carbocycles. The molecular weight excluding hydrogens is 280 g/mol. The molecule has 3 heteroatoms. The maximum absolute atomic E-state index is 10.2. The average molecular weight is 299 g/mol. The molecule has 1 N–H and O–H groups in total. The van der Waals surface area contributed by atoms with Crippen LogP contribution in [0.3, 0.4) is 0 Å². The Balaban J connectivity index is 1.94. The van der Waals surface area contributed by atoms with Crippen molar-refractivity contribution in [1.82, 2.24) is 0 Å². The molecule has 1 fully saturated rings. The van der Waals surface area contributed by atoms with Crippen LogP contribution in [-0.4, -0.2) is 17.8 Å². The van der Waals surface area contributed by atoms with Gasteiger partial charge in [-0.1, -0.05) is 34.1 Å². The van der Waals surface area contributed by atoms with Crippen LogP contribution >= 0.6 is 15.9 Å². The van der Waals surface area contributed by atoms with E-state index in [4.69, 9.17) is 4.74 Å². The minimum absolute atomic E-state index is 0.355. The Bertz CT molecular complexity index is 372. The van der Waals surface area contributed by atoms with E-state index < -0.39 is 6.10 Å². The molecule has 1 aromatic carbocycles. The second-order valence-corrected chi connectivity index (χ2v) is 5.50. The standard InChI is InChI=1S/C14H19BrO2/c1-10-4-2-6-12(14(10)15)13(16)8-7-11-5-3-9-17-11/h2,4,6,11,13,16H,3,5,7-9H2,1H3. The van der Waals surface area contributed by atoms with Crippen LogP contribution in [0.25, 0.3) is 0 Å². The molecule has 2 unspecified atom stereocenters.